The molecule has 0 saturated heterocycles. The van der Waals surface area contributed by atoms with Crippen LogP contribution < -0.4 is 0 Å². The summed E-state index contributed by atoms with van der Waals surface area (Å²) >= 11 is 0. The fraction of sp³-hybridized carbons (Fsp3) is 0. The summed E-state index contributed by atoms with van der Waals surface area (Å²) in [4.78, 5) is 40.1. The molecule has 0 fully saturated rings. The summed E-state index contributed by atoms with van der Waals surface area (Å²) in [5.41, 5.74) is 22.6. The average Bonchev–Trinajstić information content (AvgIpc) is 1.59. The molecule has 115 heavy (non-hydrogen) atoms. The van der Waals surface area contributed by atoms with E-state index in [4.69, 9.17) is 39.9 Å². The maximum atomic E-state index is 5.15. The van der Waals surface area contributed by atoms with Crippen LogP contribution in [0.2, 0.25) is 0 Å². The number of hydrogen-bond acceptors (Lipinski definition) is 8. The van der Waals surface area contributed by atoms with Gasteiger partial charge in [0.25, 0.3) is 0 Å². The molecule has 0 atom stereocenters. The molecule has 0 bridgehead atoms. The summed E-state index contributed by atoms with van der Waals surface area (Å²) in [7, 11) is 0. The lowest BCUT2D eigenvalue weighted by Gasteiger charge is -2.11. The van der Waals surface area contributed by atoms with Gasteiger partial charge in [-0.05, 0) is 105 Å². The largest absolute Gasteiger partial charge is 0.278 e. The fourth-order valence-electron chi connectivity index (χ4n) is 15.6. The molecule has 0 amide bonds. The van der Waals surface area contributed by atoms with Gasteiger partial charge in [0.2, 0.25) is 17.8 Å². The molecule has 540 valence electrons. The average molecular weight is 1470 g/mol. The van der Waals surface area contributed by atoms with Crippen LogP contribution in [0.4, 0.5) is 0 Å². The van der Waals surface area contributed by atoms with Gasteiger partial charge >= 0.3 is 0 Å². The van der Waals surface area contributed by atoms with E-state index in [0.29, 0.717) is 41.1 Å². The highest BCUT2D eigenvalue weighted by atomic mass is 15.2. The molecule has 0 saturated carbocycles. The molecule has 22 aromatic rings. The Labute approximate surface area is 663 Å². The third-order valence-electron chi connectivity index (χ3n) is 21.2. The van der Waals surface area contributed by atoms with Gasteiger partial charge < -0.3 is 0 Å². The molecule has 16 aromatic carbocycles. The molecule has 0 spiro atoms. The molecule has 0 aliphatic rings. The highest BCUT2D eigenvalue weighted by molar-refractivity contribution is 6.13. The second-order valence-corrected chi connectivity index (χ2v) is 28.2. The summed E-state index contributed by atoms with van der Waals surface area (Å²) in [5.74, 6) is 4.45. The van der Waals surface area contributed by atoms with Gasteiger partial charge in [0.1, 0.15) is 0 Å². The Morgan fingerprint density at radius 3 is 0.748 bits per heavy atom. The van der Waals surface area contributed by atoms with Crippen LogP contribution in [0.5, 0.6) is 0 Å². The van der Waals surface area contributed by atoms with Gasteiger partial charge in [-0.1, -0.05) is 358 Å². The summed E-state index contributed by atoms with van der Waals surface area (Å²) in [6.45, 7) is 0. The van der Waals surface area contributed by atoms with Gasteiger partial charge in [-0.25, -0.2) is 19.9 Å². The summed E-state index contributed by atoms with van der Waals surface area (Å²) < 4.78 is 6.53. The molecule has 11 nitrogen and oxygen atoms in total. The monoisotopic (exact) mass is 1470 g/mol. The third kappa shape index (κ3) is 13.3. The Balaban J connectivity index is 0.000000112. The van der Waals surface area contributed by atoms with Crippen LogP contribution in [0.1, 0.15) is 0 Å². The normalized spacial score (nSPS) is 11.3. The minimum absolute atomic E-state index is 0.588. The van der Waals surface area contributed by atoms with E-state index in [1.165, 1.54) is 54.9 Å². The van der Waals surface area contributed by atoms with E-state index in [0.717, 1.165) is 99.4 Å². The van der Waals surface area contributed by atoms with Gasteiger partial charge in [0, 0.05) is 65.5 Å². The summed E-state index contributed by atoms with van der Waals surface area (Å²) in [6.07, 6.45) is 0. The quantitative estimate of drug-likeness (QED) is 0.119. The molecular formula is C104H69N11. The van der Waals surface area contributed by atoms with Crippen molar-refractivity contribution in [3.05, 3.63) is 419 Å². The molecular weight excluding hydrogens is 1400 g/mol. The molecule has 0 aliphatic heterocycles. The van der Waals surface area contributed by atoms with Crippen molar-refractivity contribution in [3.63, 3.8) is 0 Å². The van der Waals surface area contributed by atoms with Crippen LogP contribution in [0.3, 0.4) is 0 Å². The number of benzene rings is 16. The Hall–Kier alpha value is -15.7. The first-order chi connectivity index (χ1) is 57.0. The first-order valence-electron chi connectivity index (χ1n) is 38.5. The lowest BCUT2D eigenvalue weighted by molar-refractivity contribution is 0.953. The van der Waals surface area contributed by atoms with Crippen LogP contribution >= 0.6 is 0 Å². The van der Waals surface area contributed by atoms with Crippen molar-refractivity contribution in [1.29, 1.82) is 0 Å². The second-order valence-electron chi connectivity index (χ2n) is 28.2. The van der Waals surface area contributed by atoms with Gasteiger partial charge in [-0.2, -0.15) is 19.9 Å². The van der Waals surface area contributed by atoms with Crippen molar-refractivity contribution >= 4 is 76.3 Å². The number of rotatable bonds is 12. The highest BCUT2D eigenvalue weighted by Gasteiger charge is 2.23. The number of nitrogens with zero attached hydrogens (tertiary/aromatic N) is 11. The van der Waals surface area contributed by atoms with Crippen LogP contribution in [0.25, 0.3) is 195 Å². The predicted octanol–water partition coefficient (Wildman–Crippen LogP) is 25.7. The van der Waals surface area contributed by atoms with E-state index < -0.39 is 0 Å². The lowest BCUT2D eigenvalue weighted by atomic mass is 10.0. The fourth-order valence-corrected chi connectivity index (χ4v) is 15.6. The van der Waals surface area contributed by atoms with Gasteiger partial charge in [-0.3, -0.25) is 13.7 Å². The van der Waals surface area contributed by atoms with Gasteiger partial charge in [-0.15, -0.1) is 0 Å². The number of fused-ring (bicyclic) bond motifs is 10. The zero-order valence-electron chi connectivity index (χ0n) is 62.3. The Kier molecular flexibility index (Phi) is 18.0. The van der Waals surface area contributed by atoms with E-state index in [1.807, 2.05) is 152 Å². The van der Waals surface area contributed by atoms with E-state index in [1.54, 1.807) is 0 Å². The molecule has 0 unspecified atom stereocenters. The molecule has 6 aromatic heterocycles. The van der Waals surface area contributed by atoms with Crippen LogP contribution in [-0.4, -0.2) is 53.6 Å². The minimum Gasteiger partial charge on any atom is -0.278 e. The Morgan fingerprint density at radius 2 is 0.391 bits per heavy atom. The van der Waals surface area contributed by atoms with Gasteiger partial charge in [0.05, 0.1) is 44.3 Å². The second kappa shape index (κ2) is 30.3. The maximum absolute atomic E-state index is 5.15. The SMILES string of the molecule is c1ccc(-c2ccc3c(c2)c2ccc(-c4ccccc4)cc2n3-c2nc(-c3ccccc3)nc(-c3ccccc3)n2)cc1.c1ccc(-c2ccc3c(c2)c2ccccc2n3-c2nc(-c3ccccc3)c3ccccc3n2)cc1.c1ccc(-c2ccc3c(c2)c2ccccc2n3-c2nc(-c3ccccc3)nc(-c3ccccc3)n2)cc1. The molecule has 11 heteroatoms. The van der Waals surface area contributed by atoms with E-state index >= 15 is 0 Å². The minimum atomic E-state index is 0.588. The maximum Gasteiger partial charge on any atom is 0.238 e. The van der Waals surface area contributed by atoms with E-state index in [9.17, 15) is 0 Å². The molecule has 0 radical (unpaired) electrons. The zero-order valence-corrected chi connectivity index (χ0v) is 62.3. The van der Waals surface area contributed by atoms with Crippen LogP contribution in [0.15, 0.2) is 419 Å². The predicted molar refractivity (Wildman–Crippen MR) is 471 cm³/mol. The van der Waals surface area contributed by atoms with Crippen molar-refractivity contribution < 1.29 is 0 Å². The van der Waals surface area contributed by atoms with E-state index in [2.05, 4.69) is 281 Å². The van der Waals surface area contributed by atoms with Gasteiger partial charge in [0.15, 0.2) is 23.3 Å². The van der Waals surface area contributed by atoms with Crippen LogP contribution in [-0.2, 0) is 0 Å². The van der Waals surface area contributed by atoms with Crippen molar-refractivity contribution in [2.45, 2.75) is 0 Å². The van der Waals surface area contributed by atoms with Crippen molar-refractivity contribution in [1.82, 2.24) is 53.6 Å². The Bertz CT molecular complexity index is 7170. The Morgan fingerprint density at radius 1 is 0.139 bits per heavy atom. The zero-order chi connectivity index (χ0) is 76.4. The van der Waals surface area contributed by atoms with Crippen molar-refractivity contribution in [2.24, 2.45) is 0 Å². The van der Waals surface area contributed by atoms with Crippen molar-refractivity contribution in [3.8, 4) is 119 Å². The molecule has 0 N–H and O–H groups in total. The number of hydrogen-bond donors (Lipinski definition) is 0. The summed E-state index contributed by atoms with van der Waals surface area (Å²) in [6, 6.07) is 145. The molecule has 22 rings (SSSR count). The standard InChI is InChI=1S/C39H26N4.C33H22N4.C32H21N3/c1-5-13-27(14-6-1)31-22-24-35-34(25-31)33-23-21-32(28-15-7-2-8-16-28)26-36(33)43(35)39-41-37(29-17-9-3-10-18-29)40-38(42-39)30-19-11-4-12-20-30;1-4-12-23(13-5-1)26-20-21-30-28(22-26)27-18-10-11-19-29(27)37(30)33-35-31(24-14-6-2-7-15-24)34-32(36-33)25-16-8-3-9-17-25;1-3-11-22(12-4-1)24-19-20-30-27(21-24)25-15-8-10-18-29(25)35(30)32-33-28-17-9-7-16-26(28)31(34-32)23-13-5-2-6-14-23/h1-26H;1-22H;1-21H. The number of para-hydroxylation sites is 3. The number of aromatic nitrogens is 11. The molecule has 0 aliphatic carbocycles. The third-order valence-corrected chi connectivity index (χ3v) is 21.2. The van der Waals surface area contributed by atoms with E-state index in [-0.39, 0.29) is 0 Å². The van der Waals surface area contributed by atoms with Crippen LogP contribution in [0, 0.1) is 0 Å². The first-order valence-corrected chi connectivity index (χ1v) is 38.5. The first kappa shape index (κ1) is 68.5. The summed E-state index contributed by atoms with van der Waals surface area (Å²) in [5, 5.41) is 8.07. The lowest BCUT2D eigenvalue weighted by Crippen LogP contribution is -2.06. The smallest absolute Gasteiger partial charge is 0.238 e. The molecule has 6 heterocycles. The highest BCUT2D eigenvalue weighted by Crippen LogP contribution is 2.41. The van der Waals surface area contributed by atoms with Crippen molar-refractivity contribution in [2.75, 3.05) is 0 Å². The topological polar surface area (TPSA) is 118 Å².